The molecule has 0 saturated carbocycles. The standard InChI is InChI=1S/C22H24N2O4/c1-15-12-16(8-9-18(15)27-2)21(26)24-11-10-22(17-6-4-3-5-7-17)19(13-24)28-14-20(25)23-22/h3-9,12,19H,10-11,13-14H2,1-2H3,(H,23,25)/t19-,22+/m1/s1. The highest BCUT2D eigenvalue weighted by Gasteiger charge is 2.49. The van der Waals surface area contributed by atoms with Gasteiger partial charge in [0.15, 0.2) is 0 Å². The van der Waals surface area contributed by atoms with Crippen molar-refractivity contribution in [1.82, 2.24) is 10.2 Å². The lowest BCUT2D eigenvalue weighted by Crippen LogP contribution is -2.67. The van der Waals surface area contributed by atoms with Crippen LogP contribution in [0, 0.1) is 6.92 Å². The topological polar surface area (TPSA) is 67.9 Å². The summed E-state index contributed by atoms with van der Waals surface area (Å²) in [5, 5.41) is 3.15. The lowest BCUT2D eigenvalue weighted by Gasteiger charge is -2.50. The second-order valence-electron chi connectivity index (χ2n) is 7.37. The first-order valence-corrected chi connectivity index (χ1v) is 9.45. The smallest absolute Gasteiger partial charge is 0.253 e. The van der Waals surface area contributed by atoms with Crippen molar-refractivity contribution < 1.29 is 19.1 Å². The number of likely N-dealkylation sites (tertiary alicyclic amines) is 1. The molecular weight excluding hydrogens is 356 g/mol. The van der Waals surface area contributed by atoms with Crippen molar-refractivity contribution in [1.29, 1.82) is 0 Å². The van der Waals surface area contributed by atoms with E-state index in [1.165, 1.54) is 0 Å². The molecular formula is C22H24N2O4. The fourth-order valence-corrected chi connectivity index (χ4v) is 4.24. The number of benzene rings is 2. The van der Waals surface area contributed by atoms with Gasteiger partial charge in [-0.15, -0.1) is 0 Å². The third kappa shape index (κ3) is 3.14. The zero-order valence-corrected chi connectivity index (χ0v) is 16.1. The highest BCUT2D eigenvalue weighted by atomic mass is 16.5. The number of aryl methyl sites for hydroxylation is 1. The monoisotopic (exact) mass is 380 g/mol. The molecule has 2 amide bonds. The minimum absolute atomic E-state index is 0.0168. The number of nitrogens with one attached hydrogen (secondary N) is 1. The maximum absolute atomic E-state index is 13.1. The van der Waals surface area contributed by atoms with E-state index in [4.69, 9.17) is 9.47 Å². The van der Waals surface area contributed by atoms with Gasteiger partial charge in [0.25, 0.3) is 5.91 Å². The Hall–Kier alpha value is -2.86. The Morgan fingerprint density at radius 3 is 2.75 bits per heavy atom. The van der Waals surface area contributed by atoms with Crippen LogP contribution in [0.15, 0.2) is 48.5 Å². The number of hydrogen-bond acceptors (Lipinski definition) is 4. The molecule has 2 atom stereocenters. The van der Waals surface area contributed by atoms with Crippen LogP contribution in [0.4, 0.5) is 0 Å². The normalized spacial score (nSPS) is 24.3. The predicted octanol–water partition coefficient (Wildman–Crippen LogP) is 2.26. The van der Waals surface area contributed by atoms with E-state index in [0.717, 1.165) is 16.9 Å². The molecule has 2 fully saturated rings. The molecule has 2 aliphatic heterocycles. The van der Waals surface area contributed by atoms with Gasteiger partial charge in [-0.25, -0.2) is 0 Å². The average molecular weight is 380 g/mol. The van der Waals surface area contributed by atoms with Gasteiger partial charge in [0, 0.05) is 18.7 Å². The van der Waals surface area contributed by atoms with Crippen LogP contribution in [0.3, 0.4) is 0 Å². The molecule has 146 valence electrons. The van der Waals surface area contributed by atoms with Crippen LogP contribution in [0.5, 0.6) is 5.75 Å². The van der Waals surface area contributed by atoms with Crippen molar-refractivity contribution >= 4 is 11.8 Å². The molecule has 2 aromatic rings. The fourth-order valence-electron chi connectivity index (χ4n) is 4.24. The summed E-state index contributed by atoms with van der Waals surface area (Å²) >= 11 is 0. The number of piperidine rings is 1. The van der Waals surface area contributed by atoms with E-state index in [9.17, 15) is 9.59 Å². The molecule has 28 heavy (non-hydrogen) atoms. The minimum atomic E-state index is -0.594. The Morgan fingerprint density at radius 2 is 2.04 bits per heavy atom. The molecule has 6 heteroatoms. The van der Waals surface area contributed by atoms with Crippen molar-refractivity contribution in [3.05, 3.63) is 65.2 Å². The van der Waals surface area contributed by atoms with Crippen molar-refractivity contribution in [2.24, 2.45) is 0 Å². The maximum atomic E-state index is 13.1. The van der Waals surface area contributed by atoms with E-state index in [-0.39, 0.29) is 24.5 Å². The Labute approximate surface area is 164 Å². The zero-order chi connectivity index (χ0) is 19.7. The SMILES string of the molecule is COc1ccc(C(=O)N2CC[C@@]3(c4ccccc4)NC(=O)CO[C@@H]3C2)cc1C. The first-order chi connectivity index (χ1) is 13.5. The molecule has 0 radical (unpaired) electrons. The second-order valence-corrected chi connectivity index (χ2v) is 7.37. The summed E-state index contributed by atoms with van der Waals surface area (Å²) in [6.45, 7) is 2.91. The number of fused-ring (bicyclic) bond motifs is 1. The fraction of sp³-hybridized carbons (Fsp3) is 0.364. The van der Waals surface area contributed by atoms with E-state index >= 15 is 0 Å². The summed E-state index contributed by atoms with van der Waals surface area (Å²) in [4.78, 5) is 27.0. The number of ether oxygens (including phenoxy) is 2. The van der Waals surface area contributed by atoms with Crippen LogP contribution < -0.4 is 10.1 Å². The van der Waals surface area contributed by atoms with Gasteiger partial charge in [-0.3, -0.25) is 9.59 Å². The number of methoxy groups -OCH3 is 1. The van der Waals surface area contributed by atoms with Crippen molar-refractivity contribution in [2.75, 3.05) is 26.8 Å². The molecule has 1 N–H and O–H groups in total. The van der Waals surface area contributed by atoms with Gasteiger partial charge in [0.05, 0.1) is 12.6 Å². The molecule has 2 aromatic carbocycles. The van der Waals surface area contributed by atoms with Gasteiger partial charge in [-0.1, -0.05) is 30.3 Å². The lowest BCUT2D eigenvalue weighted by atomic mass is 9.77. The average Bonchev–Trinajstić information content (AvgIpc) is 2.73. The van der Waals surface area contributed by atoms with Gasteiger partial charge < -0.3 is 19.7 Å². The highest BCUT2D eigenvalue weighted by Crippen LogP contribution is 2.37. The minimum Gasteiger partial charge on any atom is -0.496 e. The quantitative estimate of drug-likeness (QED) is 0.887. The van der Waals surface area contributed by atoms with Gasteiger partial charge in [-0.05, 0) is 42.7 Å². The Kier molecular flexibility index (Phi) is 4.81. The number of carbonyl (C=O) groups excluding carboxylic acids is 2. The Bertz CT molecular complexity index is 899. The van der Waals surface area contributed by atoms with Gasteiger partial charge >= 0.3 is 0 Å². The molecule has 2 saturated heterocycles. The van der Waals surface area contributed by atoms with Crippen LogP contribution in [0.25, 0.3) is 0 Å². The molecule has 6 nitrogen and oxygen atoms in total. The van der Waals surface area contributed by atoms with E-state index in [0.29, 0.717) is 25.1 Å². The number of amides is 2. The van der Waals surface area contributed by atoms with E-state index < -0.39 is 5.54 Å². The first-order valence-electron chi connectivity index (χ1n) is 9.45. The molecule has 2 heterocycles. The molecule has 0 aromatic heterocycles. The molecule has 2 aliphatic rings. The van der Waals surface area contributed by atoms with Crippen molar-refractivity contribution in [3.63, 3.8) is 0 Å². The Balaban J connectivity index is 1.59. The van der Waals surface area contributed by atoms with Gasteiger partial charge in [0.1, 0.15) is 18.5 Å². The number of carbonyl (C=O) groups is 2. The summed E-state index contributed by atoms with van der Waals surface area (Å²) in [7, 11) is 1.62. The zero-order valence-electron chi connectivity index (χ0n) is 16.1. The predicted molar refractivity (Wildman–Crippen MR) is 104 cm³/mol. The van der Waals surface area contributed by atoms with Crippen molar-refractivity contribution in [3.8, 4) is 5.75 Å². The Morgan fingerprint density at radius 1 is 1.25 bits per heavy atom. The van der Waals surface area contributed by atoms with Crippen LogP contribution in [-0.2, 0) is 15.1 Å². The van der Waals surface area contributed by atoms with Crippen molar-refractivity contribution in [2.45, 2.75) is 25.0 Å². The van der Waals surface area contributed by atoms with Gasteiger partial charge in [0.2, 0.25) is 5.91 Å². The largest absolute Gasteiger partial charge is 0.496 e. The molecule has 0 spiro atoms. The number of morpholine rings is 1. The number of hydrogen-bond donors (Lipinski definition) is 1. The summed E-state index contributed by atoms with van der Waals surface area (Å²) in [6.07, 6.45) is 0.318. The van der Waals surface area contributed by atoms with Crippen LogP contribution in [0.1, 0.15) is 27.9 Å². The maximum Gasteiger partial charge on any atom is 0.253 e. The van der Waals surface area contributed by atoms with Gasteiger partial charge in [-0.2, -0.15) is 0 Å². The summed E-state index contributed by atoms with van der Waals surface area (Å²) < 4.78 is 11.2. The van der Waals surface area contributed by atoms with E-state index in [2.05, 4.69) is 5.32 Å². The third-order valence-corrected chi connectivity index (χ3v) is 5.71. The summed E-state index contributed by atoms with van der Waals surface area (Å²) in [5.41, 5.74) is 1.97. The highest BCUT2D eigenvalue weighted by molar-refractivity contribution is 5.94. The second kappa shape index (κ2) is 7.28. The molecule has 4 rings (SSSR count). The number of rotatable bonds is 3. The molecule has 0 aliphatic carbocycles. The van der Waals surface area contributed by atoms with Crippen LogP contribution in [0.2, 0.25) is 0 Å². The third-order valence-electron chi connectivity index (χ3n) is 5.71. The lowest BCUT2D eigenvalue weighted by molar-refractivity contribution is -0.150. The van der Waals surface area contributed by atoms with E-state index in [1.54, 1.807) is 13.2 Å². The first kappa shape index (κ1) is 18.5. The summed E-state index contributed by atoms with van der Waals surface area (Å²) in [5.74, 6) is 0.607. The van der Waals surface area contributed by atoms with E-state index in [1.807, 2.05) is 54.3 Å². The summed E-state index contributed by atoms with van der Waals surface area (Å²) in [6, 6.07) is 15.3. The molecule has 0 bridgehead atoms. The number of nitrogens with zero attached hydrogens (tertiary/aromatic N) is 1. The van der Waals surface area contributed by atoms with Crippen LogP contribution in [-0.4, -0.2) is 49.6 Å². The van der Waals surface area contributed by atoms with Crippen LogP contribution >= 0.6 is 0 Å². The molecule has 0 unspecified atom stereocenters.